The van der Waals surface area contributed by atoms with E-state index in [0.717, 1.165) is 16.0 Å². The second kappa shape index (κ2) is 6.70. The smallest absolute Gasteiger partial charge is 0.270 e. The fourth-order valence-electron chi connectivity index (χ4n) is 2.45. The van der Waals surface area contributed by atoms with Gasteiger partial charge in [-0.1, -0.05) is 17.4 Å². The van der Waals surface area contributed by atoms with E-state index in [2.05, 4.69) is 4.98 Å². The van der Waals surface area contributed by atoms with Gasteiger partial charge in [0.25, 0.3) is 5.91 Å². The van der Waals surface area contributed by atoms with Crippen molar-refractivity contribution in [1.29, 1.82) is 0 Å². The second-order valence-electron chi connectivity index (χ2n) is 5.28. The predicted molar refractivity (Wildman–Crippen MR) is 99.7 cm³/mol. The van der Waals surface area contributed by atoms with Gasteiger partial charge in [-0.05, 0) is 41.8 Å². The minimum atomic E-state index is -0.0857. The van der Waals surface area contributed by atoms with Gasteiger partial charge in [-0.25, -0.2) is 4.98 Å². The number of furan rings is 1. The van der Waals surface area contributed by atoms with Crippen LogP contribution in [0, 0.1) is 0 Å². The Morgan fingerprint density at radius 1 is 1.28 bits per heavy atom. The molecule has 1 aromatic carbocycles. The van der Waals surface area contributed by atoms with Crippen LogP contribution in [0.2, 0.25) is 0 Å². The summed E-state index contributed by atoms with van der Waals surface area (Å²) in [6.45, 7) is 0.334. The number of thiophene rings is 1. The van der Waals surface area contributed by atoms with E-state index in [1.165, 1.54) is 22.7 Å². The summed E-state index contributed by atoms with van der Waals surface area (Å²) >= 11 is 2.87. The maximum absolute atomic E-state index is 13.0. The van der Waals surface area contributed by atoms with Gasteiger partial charge in [0.2, 0.25) is 0 Å². The van der Waals surface area contributed by atoms with Crippen molar-refractivity contribution in [2.45, 2.75) is 6.54 Å². The number of ether oxygens (including phenoxy) is 1. The molecule has 0 spiro atoms. The van der Waals surface area contributed by atoms with Gasteiger partial charge in [-0.15, -0.1) is 11.3 Å². The minimum Gasteiger partial charge on any atom is -0.497 e. The first-order valence-corrected chi connectivity index (χ1v) is 9.26. The van der Waals surface area contributed by atoms with Crippen LogP contribution < -0.4 is 9.64 Å². The summed E-state index contributed by atoms with van der Waals surface area (Å²) in [6, 6.07) is 13.0. The van der Waals surface area contributed by atoms with Crippen molar-refractivity contribution in [3.63, 3.8) is 0 Å². The molecule has 0 saturated heterocycles. The van der Waals surface area contributed by atoms with Crippen LogP contribution in [0.3, 0.4) is 0 Å². The Labute approximate surface area is 152 Å². The predicted octanol–water partition coefficient (Wildman–Crippen LogP) is 4.81. The number of methoxy groups -OCH3 is 1. The first kappa shape index (κ1) is 15.9. The fourth-order valence-corrected chi connectivity index (χ4v) is 4.12. The Morgan fingerprint density at radius 2 is 2.20 bits per heavy atom. The Kier molecular flexibility index (Phi) is 4.25. The first-order valence-electron chi connectivity index (χ1n) is 7.57. The number of nitrogens with zero attached hydrogens (tertiary/aromatic N) is 2. The molecular formula is C18H14N2O3S2. The Balaban J connectivity index is 1.75. The number of anilines is 1. The van der Waals surface area contributed by atoms with Crippen molar-refractivity contribution in [3.05, 3.63) is 64.7 Å². The third-order valence-electron chi connectivity index (χ3n) is 3.69. The molecule has 126 valence electrons. The second-order valence-corrected chi connectivity index (χ2v) is 7.23. The van der Waals surface area contributed by atoms with Crippen molar-refractivity contribution >= 4 is 43.9 Å². The zero-order valence-electron chi connectivity index (χ0n) is 13.3. The summed E-state index contributed by atoms with van der Waals surface area (Å²) < 4.78 is 11.7. The first-order chi connectivity index (χ1) is 12.2. The number of carbonyl (C=O) groups excluding carboxylic acids is 1. The van der Waals surface area contributed by atoms with Crippen LogP contribution in [0.1, 0.15) is 15.4 Å². The lowest BCUT2D eigenvalue weighted by atomic mass is 10.3. The third kappa shape index (κ3) is 3.16. The zero-order chi connectivity index (χ0) is 17.2. The molecule has 5 nitrogen and oxygen atoms in total. The van der Waals surface area contributed by atoms with Crippen LogP contribution in [0.4, 0.5) is 5.13 Å². The van der Waals surface area contributed by atoms with Crippen molar-refractivity contribution in [1.82, 2.24) is 4.98 Å². The third-order valence-corrected chi connectivity index (χ3v) is 5.59. The maximum atomic E-state index is 13.0. The average Bonchev–Trinajstić information content (AvgIpc) is 3.39. The molecule has 0 N–H and O–H groups in total. The van der Waals surface area contributed by atoms with Crippen molar-refractivity contribution in [2.75, 3.05) is 12.0 Å². The average molecular weight is 370 g/mol. The zero-order valence-corrected chi connectivity index (χ0v) is 15.0. The van der Waals surface area contributed by atoms with Gasteiger partial charge in [-0.3, -0.25) is 9.69 Å². The molecule has 0 fully saturated rings. The number of hydrogen-bond donors (Lipinski definition) is 0. The number of hydrogen-bond acceptors (Lipinski definition) is 6. The topological polar surface area (TPSA) is 55.6 Å². The summed E-state index contributed by atoms with van der Waals surface area (Å²) in [6.07, 6.45) is 1.60. The molecule has 0 bridgehead atoms. The highest BCUT2D eigenvalue weighted by Crippen LogP contribution is 2.33. The summed E-state index contributed by atoms with van der Waals surface area (Å²) in [5, 5.41) is 2.53. The number of benzene rings is 1. The molecule has 3 heterocycles. The molecule has 0 radical (unpaired) electrons. The van der Waals surface area contributed by atoms with Crippen molar-refractivity contribution in [3.8, 4) is 5.75 Å². The molecule has 3 aromatic heterocycles. The normalized spacial score (nSPS) is 10.9. The van der Waals surface area contributed by atoms with Gasteiger partial charge in [0.05, 0.1) is 35.0 Å². The van der Waals surface area contributed by atoms with Gasteiger partial charge in [0.1, 0.15) is 11.5 Å². The Morgan fingerprint density at radius 3 is 2.92 bits per heavy atom. The maximum Gasteiger partial charge on any atom is 0.270 e. The van der Waals surface area contributed by atoms with E-state index < -0.39 is 0 Å². The monoisotopic (exact) mass is 370 g/mol. The molecule has 7 heteroatoms. The summed E-state index contributed by atoms with van der Waals surface area (Å²) in [7, 11) is 1.63. The quantitative estimate of drug-likeness (QED) is 0.506. The van der Waals surface area contributed by atoms with Crippen LogP contribution in [0.5, 0.6) is 5.75 Å². The lowest BCUT2D eigenvalue weighted by Gasteiger charge is -2.17. The minimum absolute atomic E-state index is 0.0857. The number of carbonyl (C=O) groups is 1. The van der Waals surface area contributed by atoms with Crippen LogP contribution in [0.15, 0.2) is 58.5 Å². The highest BCUT2D eigenvalue weighted by Gasteiger charge is 2.23. The fraction of sp³-hybridized carbons (Fsp3) is 0.111. The summed E-state index contributed by atoms with van der Waals surface area (Å²) in [5.41, 5.74) is 0.837. The molecule has 1 amide bonds. The van der Waals surface area contributed by atoms with Crippen LogP contribution in [0.25, 0.3) is 10.2 Å². The molecule has 4 aromatic rings. The molecule has 0 aliphatic heterocycles. The van der Waals surface area contributed by atoms with E-state index >= 15 is 0 Å². The molecule has 0 aliphatic carbocycles. The number of amides is 1. The van der Waals surface area contributed by atoms with E-state index in [0.29, 0.717) is 22.3 Å². The van der Waals surface area contributed by atoms with Crippen molar-refractivity contribution in [2.24, 2.45) is 0 Å². The highest BCUT2D eigenvalue weighted by atomic mass is 32.1. The standard InChI is InChI=1S/C18H14N2O3S2/c1-22-12-6-7-14-16(10-12)25-18(19-14)20(11-13-4-2-8-23-13)17(21)15-5-3-9-24-15/h2-10H,11H2,1H3. The van der Waals surface area contributed by atoms with E-state index in [4.69, 9.17) is 9.15 Å². The van der Waals surface area contributed by atoms with Gasteiger partial charge in [0, 0.05) is 0 Å². The molecular weight excluding hydrogens is 356 g/mol. The van der Waals surface area contributed by atoms with Crippen LogP contribution in [-0.4, -0.2) is 18.0 Å². The van der Waals surface area contributed by atoms with Gasteiger partial charge in [-0.2, -0.15) is 0 Å². The van der Waals surface area contributed by atoms with Gasteiger partial charge < -0.3 is 9.15 Å². The van der Waals surface area contributed by atoms with Crippen molar-refractivity contribution < 1.29 is 13.9 Å². The van der Waals surface area contributed by atoms with E-state index in [1.54, 1.807) is 18.3 Å². The molecule has 0 saturated carbocycles. The van der Waals surface area contributed by atoms with E-state index in [1.807, 2.05) is 47.8 Å². The summed E-state index contributed by atoms with van der Waals surface area (Å²) in [5.74, 6) is 1.39. The number of fused-ring (bicyclic) bond motifs is 1. The number of rotatable bonds is 5. The highest BCUT2D eigenvalue weighted by molar-refractivity contribution is 7.22. The largest absolute Gasteiger partial charge is 0.497 e. The van der Waals surface area contributed by atoms with Crippen LogP contribution >= 0.6 is 22.7 Å². The SMILES string of the molecule is COc1ccc2nc(N(Cc3ccco3)C(=O)c3cccs3)sc2c1. The number of thiazole rings is 1. The Bertz CT molecular complexity index is 991. The molecule has 0 atom stereocenters. The lowest BCUT2D eigenvalue weighted by molar-refractivity contribution is 0.0987. The van der Waals surface area contributed by atoms with Crippen LogP contribution in [-0.2, 0) is 6.54 Å². The van der Waals surface area contributed by atoms with Gasteiger partial charge in [0.15, 0.2) is 5.13 Å². The Hall–Kier alpha value is -2.64. The summed E-state index contributed by atoms with van der Waals surface area (Å²) in [4.78, 5) is 19.9. The van der Waals surface area contributed by atoms with E-state index in [9.17, 15) is 4.79 Å². The molecule has 25 heavy (non-hydrogen) atoms. The number of aromatic nitrogens is 1. The molecule has 4 rings (SSSR count). The van der Waals surface area contributed by atoms with E-state index in [-0.39, 0.29) is 5.91 Å². The molecule has 0 aliphatic rings. The molecule has 0 unspecified atom stereocenters. The van der Waals surface area contributed by atoms with Gasteiger partial charge >= 0.3 is 0 Å². The lowest BCUT2D eigenvalue weighted by Crippen LogP contribution is -2.29.